The molecule has 1 fully saturated rings. The summed E-state index contributed by atoms with van der Waals surface area (Å²) in [5.41, 5.74) is 2.67. The maximum absolute atomic E-state index is 3.78. The number of benzene rings is 1. The van der Waals surface area contributed by atoms with Crippen molar-refractivity contribution in [2.45, 2.75) is 58.5 Å². The SMILES string of the molecule is CCNC(C)c1ccc(N(C)C2CCCCC2C)c(Br)c1. The highest BCUT2D eigenvalue weighted by Crippen LogP contribution is 2.35. The van der Waals surface area contributed by atoms with Gasteiger partial charge >= 0.3 is 0 Å². The molecule has 1 N–H and O–H groups in total. The van der Waals surface area contributed by atoms with E-state index in [1.807, 2.05) is 0 Å². The number of anilines is 1. The molecule has 0 aromatic heterocycles. The van der Waals surface area contributed by atoms with Gasteiger partial charge in [-0.1, -0.05) is 32.8 Å². The predicted molar refractivity (Wildman–Crippen MR) is 96.1 cm³/mol. The molecule has 3 heteroatoms. The van der Waals surface area contributed by atoms with Crippen molar-refractivity contribution in [3.8, 4) is 0 Å². The third-order valence-corrected chi connectivity index (χ3v) is 5.56. The van der Waals surface area contributed by atoms with Gasteiger partial charge in [-0.15, -0.1) is 0 Å². The van der Waals surface area contributed by atoms with Gasteiger partial charge in [-0.2, -0.15) is 0 Å². The lowest BCUT2D eigenvalue weighted by atomic mass is 9.85. The Morgan fingerprint density at radius 1 is 1.33 bits per heavy atom. The average molecular weight is 353 g/mol. The van der Waals surface area contributed by atoms with Crippen molar-refractivity contribution < 1.29 is 0 Å². The Morgan fingerprint density at radius 3 is 2.67 bits per heavy atom. The second-order valence-corrected chi connectivity index (χ2v) is 7.28. The zero-order chi connectivity index (χ0) is 15.4. The number of hydrogen-bond acceptors (Lipinski definition) is 2. The van der Waals surface area contributed by atoms with Gasteiger partial charge in [-0.25, -0.2) is 0 Å². The number of nitrogens with zero attached hydrogens (tertiary/aromatic N) is 1. The minimum absolute atomic E-state index is 0.402. The average Bonchev–Trinajstić information content (AvgIpc) is 2.47. The van der Waals surface area contributed by atoms with E-state index >= 15 is 0 Å². The van der Waals surface area contributed by atoms with E-state index in [4.69, 9.17) is 0 Å². The highest BCUT2D eigenvalue weighted by atomic mass is 79.9. The minimum atomic E-state index is 0.402. The molecule has 0 spiro atoms. The summed E-state index contributed by atoms with van der Waals surface area (Å²) in [7, 11) is 2.25. The minimum Gasteiger partial charge on any atom is -0.370 e. The van der Waals surface area contributed by atoms with E-state index in [0.29, 0.717) is 12.1 Å². The maximum Gasteiger partial charge on any atom is 0.0510 e. The van der Waals surface area contributed by atoms with Gasteiger partial charge in [-0.05, 0) is 65.9 Å². The summed E-state index contributed by atoms with van der Waals surface area (Å²) in [6.07, 6.45) is 5.44. The number of halogens is 1. The van der Waals surface area contributed by atoms with Crippen LogP contribution >= 0.6 is 15.9 Å². The van der Waals surface area contributed by atoms with Crippen LogP contribution in [0.1, 0.15) is 58.1 Å². The van der Waals surface area contributed by atoms with Gasteiger partial charge in [0.25, 0.3) is 0 Å². The first-order valence-corrected chi connectivity index (χ1v) is 9.09. The summed E-state index contributed by atoms with van der Waals surface area (Å²) in [5.74, 6) is 0.788. The van der Waals surface area contributed by atoms with Crippen molar-refractivity contribution in [3.05, 3.63) is 28.2 Å². The Morgan fingerprint density at radius 2 is 2.05 bits per heavy atom. The van der Waals surface area contributed by atoms with Crippen molar-refractivity contribution in [1.29, 1.82) is 0 Å². The van der Waals surface area contributed by atoms with Crippen molar-refractivity contribution in [1.82, 2.24) is 5.32 Å². The van der Waals surface area contributed by atoms with Crippen molar-refractivity contribution >= 4 is 21.6 Å². The topological polar surface area (TPSA) is 15.3 Å². The molecule has 3 unspecified atom stereocenters. The molecule has 118 valence electrons. The molecule has 1 aliphatic rings. The first-order chi connectivity index (χ1) is 10.0. The van der Waals surface area contributed by atoms with E-state index in [9.17, 15) is 0 Å². The standard InChI is InChI=1S/C18H29BrN2/c1-5-20-14(3)15-10-11-18(16(19)12-15)21(4)17-9-7-6-8-13(17)2/h10-14,17,20H,5-9H2,1-4H3. The molecule has 0 bridgehead atoms. The zero-order valence-electron chi connectivity index (χ0n) is 13.8. The van der Waals surface area contributed by atoms with Gasteiger partial charge in [0.1, 0.15) is 0 Å². The molecular weight excluding hydrogens is 324 g/mol. The molecule has 0 radical (unpaired) electrons. The van der Waals surface area contributed by atoms with Crippen molar-refractivity contribution in [2.75, 3.05) is 18.5 Å². The fraction of sp³-hybridized carbons (Fsp3) is 0.667. The molecule has 1 aromatic carbocycles. The van der Waals surface area contributed by atoms with Gasteiger partial charge < -0.3 is 10.2 Å². The molecule has 0 saturated heterocycles. The van der Waals surface area contributed by atoms with Crippen LogP contribution in [0.5, 0.6) is 0 Å². The number of rotatable bonds is 5. The monoisotopic (exact) mass is 352 g/mol. The summed E-state index contributed by atoms with van der Waals surface area (Å²) in [6.45, 7) is 7.77. The molecule has 0 aliphatic heterocycles. The third-order valence-electron chi connectivity index (χ3n) is 4.93. The highest BCUT2D eigenvalue weighted by Gasteiger charge is 2.26. The lowest BCUT2D eigenvalue weighted by Crippen LogP contribution is -2.39. The van der Waals surface area contributed by atoms with Crippen LogP contribution in [0.2, 0.25) is 0 Å². The van der Waals surface area contributed by atoms with Crippen LogP contribution in [0, 0.1) is 5.92 Å². The highest BCUT2D eigenvalue weighted by molar-refractivity contribution is 9.10. The van der Waals surface area contributed by atoms with Crippen LogP contribution in [0.3, 0.4) is 0 Å². The molecule has 1 saturated carbocycles. The van der Waals surface area contributed by atoms with Crippen LogP contribution < -0.4 is 10.2 Å². The Hall–Kier alpha value is -0.540. The zero-order valence-corrected chi connectivity index (χ0v) is 15.4. The molecule has 3 atom stereocenters. The summed E-state index contributed by atoms with van der Waals surface area (Å²) in [6, 6.07) is 7.88. The Balaban J connectivity index is 2.16. The fourth-order valence-electron chi connectivity index (χ4n) is 3.55. The smallest absolute Gasteiger partial charge is 0.0510 e. The Kier molecular flexibility index (Phi) is 6.12. The number of nitrogens with one attached hydrogen (secondary N) is 1. The van der Waals surface area contributed by atoms with Gasteiger partial charge in [0.15, 0.2) is 0 Å². The predicted octanol–water partition coefficient (Wildman–Crippen LogP) is 5.13. The summed E-state index contributed by atoms with van der Waals surface area (Å²) in [4.78, 5) is 2.48. The Labute approximate surface area is 138 Å². The Bertz CT molecular complexity index is 461. The quantitative estimate of drug-likeness (QED) is 0.789. The van der Waals surface area contributed by atoms with E-state index in [1.54, 1.807) is 0 Å². The van der Waals surface area contributed by atoms with Crippen LogP contribution in [-0.2, 0) is 0 Å². The second kappa shape index (κ2) is 7.64. The van der Waals surface area contributed by atoms with Crippen LogP contribution in [0.4, 0.5) is 5.69 Å². The number of hydrogen-bond donors (Lipinski definition) is 1. The van der Waals surface area contributed by atoms with E-state index in [2.05, 4.69) is 72.2 Å². The van der Waals surface area contributed by atoms with Gasteiger partial charge in [0, 0.05) is 23.6 Å². The molecule has 21 heavy (non-hydrogen) atoms. The van der Waals surface area contributed by atoms with E-state index in [-0.39, 0.29) is 0 Å². The van der Waals surface area contributed by atoms with E-state index < -0.39 is 0 Å². The lowest BCUT2D eigenvalue weighted by molar-refractivity contribution is 0.321. The summed E-state index contributed by atoms with van der Waals surface area (Å²) >= 11 is 3.78. The van der Waals surface area contributed by atoms with Crippen molar-refractivity contribution in [2.24, 2.45) is 5.92 Å². The normalized spacial score (nSPS) is 23.9. The van der Waals surface area contributed by atoms with E-state index in [1.165, 1.54) is 41.4 Å². The van der Waals surface area contributed by atoms with Crippen LogP contribution in [0.25, 0.3) is 0 Å². The molecule has 0 amide bonds. The summed E-state index contributed by atoms with van der Waals surface area (Å²) < 4.78 is 1.21. The molecular formula is C18H29BrN2. The second-order valence-electron chi connectivity index (χ2n) is 6.43. The lowest BCUT2D eigenvalue weighted by Gasteiger charge is -2.38. The van der Waals surface area contributed by atoms with Gasteiger partial charge in [0.2, 0.25) is 0 Å². The first-order valence-electron chi connectivity index (χ1n) is 8.30. The molecule has 1 aromatic rings. The van der Waals surface area contributed by atoms with Crippen LogP contribution in [0.15, 0.2) is 22.7 Å². The van der Waals surface area contributed by atoms with Crippen molar-refractivity contribution in [3.63, 3.8) is 0 Å². The maximum atomic E-state index is 3.78. The molecule has 2 nitrogen and oxygen atoms in total. The van der Waals surface area contributed by atoms with E-state index in [0.717, 1.165) is 12.5 Å². The largest absolute Gasteiger partial charge is 0.370 e. The third kappa shape index (κ3) is 4.01. The summed E-state index contributed by atoms with van der Waals surface area (Å²) in [5, 5.41) is 3.47. The molecule has 2 rings (SSSR count). The molecule has 1 aliphatic carbocycles. The van der Waals surface area contributed by atoms with Crippen LogP contribution in [-0.4, -0.2) is 19.6 Å². The van der Waals surface area contributed by atoms with Gasteiger partial charge in [0.05, 0.1) is 5.69 Å². The first kappa shape index (κ1) is 16.8. The molecule has 0 heterocycles. The van der Waals surface area contributed by atoms with Gasteiger partial charge in [-0.3, -0.25) is 0 Å². The fourth-order valence-corrected chi connectivity index (χ4v) is 4.23.